The molecule has 190 valence electrons. The molecule has 1 atom stereocenters. The molecular weight excluding hydrogens is 489 g/mol. The van der Waals surface area contributed by atoms with Crippen LogP contribution in [0.1, 0.15) is 50.9 Å². The van der Waals surface area contributed by atoms with E-state index in [4.69, 9.17) is 0 Å². The molecule has 1 aromatic carbocycles. The van der Waals surface area contributed by atoms with Gasteiger partial charge in [0.15, 0.2) is 5.69 Å². The van der Waals surface area contributed by atoms with Gasteiger partial charge in [-0.3, -0.25) is 4.98 Å². The first-order valence-electron chi connectivity index (χ1n) is 11.1. The van der Waals surface area contributed by atoms with E-state index in [1.54, 1.807) is 4.57 Å². The molecular formula is C24H26F5N3O2S. The van der Waals surface area contributed by atoms with Crippen LogP contribution in [0.3, 0.4) is 0 Å². The number of sulfonamides is 1. The van der Waals surface area contributed by atoms with E-state index in [-0.39, 0.29) is 22.1 Å². The largest absolute Gasteiger partial charge is 0.433 e. The molecule has 1 fully saturated rings. The van der Waals surface area contributed by atoms with Crippen molar-refractivity contribution in [3.63, 3.8) is 0 Å². The summed E-state index contributed by atoms with van der Waals surface area (Å²) in [4.78, 5) is 3.50. The maximum atomic E-state index is 14.1. The number of hydrogen-bond acceptors (Lipinski definition) is 3. The quantitative estimate of drug-likeness (QED) is 0.384. The molecule has 1 aliphatic rings. The number of aromatic nitrogens is 2. The molecule has 0 spiro atoms. The lowest BCUT2D eigenvalue weighted by Crippen LogP contribution is -2.35. The summed E-state index contributed by atoms with van der Waals surface area (Å²) in [6, 6.07) is 5.31. The molecule has 11 heteroatoms. The van der Waals surface area contributed by atoms with Gasteiger partial charge in [0.2, 0.25) is 10.0 Å². The summed E-state index contributed by atoms with van der Waals surface area (Å²) >= 11 is 0. The highest BCUT2D eigenvalue weighted by molar-refractivity contribution is 7.90. The van der Waals surface area contributed by atoms with Gasteiger partial charge in [-0.25, -0.2) is 21.9 Å². The molecule has 2 aromatic heterocycles. The van der Waals surface area contributed by atoms with E-state index in [0.29, 0.717) is 30.3 Å². The predicted molar refractivity (Wildman–Crippen MR) is 123 cm³/mol. The molecule has 0 aliphatic heterocycles. The van der Waals surface area contributed by atoms with Crippen molar-refractivity contribution in [2.75, 3.05) is 0 Å². The molecule has 0 amide bonds. The molecule has 2 heterocycles. The van der Waals surface area contributed by atoms with Crippen molar-refractivity contribution < 1.29 is 30.4 Å². The average molecular weight is 516 g/mol. The zero-order chi connectivity index (χ0) is 25.8. The third-order valence-corrected chi connectivity index (χ3v) is 7.72. The first-order valence-corrected chi connectivity index (χ1v) is 12.7. The predicted octanol–water partition coefficient (Wildman–Crippen LogP) is 6.16. The molecule has 0 saturated heterocycles. The lowest BCUT2D eigenvalue weighted by molar-refractivity contribution is -0.140. The van der Waals surface area contributed by atoms with Crippen molar-refractivity contribution in [3.8, 4) is 11.1 Å². The van der Waals surface area contributed by atoms with Crippen LogP contribution >= 0.6 is 0 Å². The molecule has 1 aliphatic carbocycles. The van der Waals surface area contributed by atoms with Crippen LogP contribution in [-0.2, 0) is 22.7 Å². The third-order valence-electron chi connectivity index (χ3n) is 5.79. The fourth-order valence-electron chi connectivity index (χ4n) is 4.14. The Morgan fingerprint density at radius 1 is 1.14 bits per heavy atom. The van der Waals surface area contributed by atoms with Gasteiger partial charge in [-0.2, -0.15) is 13.2 Å². The molecule has 3 aromatic rings. The first-order chi connectivity index (χ1) is 16.2. The minimum atomic E-state index is -4.67. The fourth-order valence-corrected chi connectivity index (χ4v) is 5.68. The fraction of sp³-hybridized carbons (Fsp3) is 0.458. The van der Waals surface area contributed by atoms with Gasteiger partial charge in [0.1, 0.15) is 6.04 Å². The van der Waals surface area contributed by atoms with E-state index >= 15 is 0 Å². The number of nitrogens with zero attached hydrogens (tertiary/aromatic N) is 2. The lowest BCUT2D eigenvalue weighted by atomic mass is 9.96. The van der Waals surface area contributed by atoms with Crippen molar-refractivity contribution in [2.45, 2.75) is 64.1 Å². The Kier molecular flexibility index (Phi) is 6.46. The van der Waals surface area contributed by atoms with Crippen LogP contribution < -0.4 is 4.72 Å². The second-order valence-electron chi connectivity index (χ2n) is 10.1. The standard InChI is InChI=1S/C24H26F5N3O2S/c1-23(2,3)13-32-12-18(20(22(25)26)31-35(33,34)15-7-8-15)17-9-6-14(11-19(17)32)16-5-4-10-30-21(16)24(27,28)29/h4-6,9-12,15,20,22,31H,7-8,13H2,1-3H3. The summed E-state index contributed by atoms with van der Waals surface area (Å²) in [5.41, 5.74) is -0.732. The number of rotatable bonds is 7. The van der Waals surface area contributed by atoms with Gasteiger partial charge < -0.3 is 4.57 Å². The molecule has 0 radical (unpaired) electrons. The second kappa shape index (κ2) is 8.85. The number of fused-ring (bicyclic) bond motifs is 1. The van der Waals surface area contributed by atoms with Gasteiger partial charge in [0.05, 0.1) is 5.25 Å². The molecule has 1 saturated carbocycles. The van der Waals surface area contributed by atoms with Gasteiger partial charge in [-0.05, 0) is 36.0 Å². The number of nitrogens with one attached hydrogen (secondary N) is 1. The van der Waals surface area contributed by atoms with Crippen molar-refractivity contribution in [3.05, 3.63) is 54.0 Å². The Labute approximate surface area is 200 Å². The van der Waals surface area contributed by atoms with Gasteiger partial charge in [-0.15, -0.1) is 0 Å². The Bertz CT molecular complexity index is 1340. The Hall–Kier alpha value is -2.53. The van der Waals surface area contributed by atoms with Crippen LogP contribution in [0, 0.1) is 5.41 Å². The van der Waals surface area contributed by atoms with E-state index in [0.717, 1.165) is 6.20 Å². The number of hydrogen-bond donors (Lipinski definition) is 1. The van der Waals surface area contributed by atoms with Crippen LogP contribution in [0.5, 0.6) is 0 Å². The summed E-state index contributed by atoms with van der Waals surface area (Å²) < 4.78 is 97.7. The number of alkyl halides is 5. The average Bonchev–Trinajstić information content (AvgIpc) is 3.55. The summed E-state index contributed by atoms with van der Waals surface area (Å²) in [5, 5.41) is -0.330. The molecule has 5 nitrogen and oxygen atoms in total. The summed E-state index contributed by atoms with van der Waals surface area (Å²) in [6.45, 7) is 6.18. The van der Waals surface area contributed by atoms with E-state index in [2.05, 4.69) is 9.71 Å². The van der Waals surface area contributed by atoms with Gasteiger partial charge in [0, 0.05) is 41.0 Å². The smallest absolute Gasteiger partial charge is 0.347 e. The normalized spacial score (nSPS) is 16.3. The van der Waals surface area contributed by atoms with Crippen LogP contribution in [0.25, 0.3) is 22.0 Å². The van der Waals surface area contributed by atoms with E-state index in [1.165, 1.54) is 36.5 Å². The Morgan fingerprint density at radius 3 is 2.40 bits per heavy atom. The number of pyridine rings is 1. The zero-order valence-corrected chi connectivity index (χ0v) is 20.2. The summed E-state index contributed by atoms with van der Waals surface area (Å²) in [6.07, 6.45) is -4.32. The highest BCUT2D eigenvalue weighted by atomic mass is 32.2. The van der Waals surface area contributed by atoms with E-state index < -0.39 is 39.6 Å². The minimum Gasteiger partial charge on any atom is -0.347 e. The van der Waals surface area contributed by atoms with E-state index in [9.17, 15) is 30.4 Å². The van der Waals surface area contributed by atoms with Crippen LogP contribution in [0.4, 0.5) is 22.0 Å². The Balaban J connectivity index is 1.88. The topological polar surface area (TPSA) is 64.0 Å². The zero-order valence-electron chi connectivity index (χ0n) is 19.4. The SMILES string of the molecule is CC(C)(C)Cn1cc(C(NS(=O)(=O)C2CC2)C(F)F)c2ccc(-c3cccnc3C(F)(F)F)cc21. The first kappa shape index (κ1) is 25.6. The van der Waals surface area contributed by atoms with Crippen LogP contribution in [0.15, 0.2) is 42.7 Å². The van der Waals surface area contributed by atoms with E-state index in [1.807, 2.05) is 20.8 Å². The molecule has 4 rings (SSSR count). The van der Waals surface area contributed by atoms with Crippen LogP contribution in [-0.4, -0.2) is 29.6 Å². The van der Waals surface area contributed by atoms with Gasteiger partial charge in [0.25, 0.3) is 6.43 Å². The lowest BCUT2D eigenvalue weighted by Gasteiger charge is -2.20. The highest BCUT2D eigenvalue weighted by Gasteiger charge is 2.40. The Morgan fingerprint density at radius 2 is 1.83 bits per heavy atom. The van der Waals surface area contributed by atoms with Crippen molar-refractivity contribution in [1.29, 1.82) is 0 Å². The minimum absolute atomic E-state index is 0.0808. The van der Waals surface area contributed by atoms with Crippen LogP contribution in [0.2, 0.25) is 0 Å². The summed E-state index contributed by atoms with van der Waals surface area (Å²) in [5.74, 6) is 0. The maximum absolute atomic E-state index is 14.1. The van der Waals surface area contributed by atoms with Gasteiger partial charge in [-0.1, -0.05) is 39.0 Å². The number of halogens is 5. The number of benzene rings is 1. The van der Waals surface area contributed by atoms with Gasteiger partial charge >= 0.3 is 6.18 Å². The second-order valence-corrected chi connectivity index (χ2v) is 12.1. The maximum Gasteiger partial charge on any atom is 0.433 e. The van der Waals surface area contributed by atoms with Crippen molar-refractivity contribution in [1.82, 2.24) is 14.3 Å². The third kappa shape index (κ3) is 5.50. The summed E-state index contributed by atoms with van der Waals surface area (Å²) in [7, 11) is -3.92. The van der Waals surface area contributed by atoms with Crippen molar-refractivity contribution in [2.24, 2.45) is 5.41 Å². The molecule has 1 unspecified atom stereocenters. The van der Waals surface area contributed by atoms with Crippen molar-refractivity contribution >= 4 is 20.9 Å². The molecule has 0 bridgehead atoms. The highest BCUT2D eigenvalue weighted by Crippen LogP contribution is 2.39. The monoisotopic (exact) mass is 515 g/mol. The molecule has 35 heavy (non-hydrogen) atoms. The molecule has 1 N–H and O–H groups in total.